The van der Waals surface area contributed by atoms with Gasteiger partial charge in [0.15, 0.2) is 5.96 Å². The summed E-state index contributed by atoms with van der Waals surface area (Å²) < 4.78 is 0. The van der Waals surface area contributed by atoms with Gasteiger partial charge in [0.2, 0.25) is 0 Å². The minimum atomic E-state index is 0.524. The highest BCUT2D eigenvalue weighted by Gasteiger charge is 2.12. The summed E-state index contributed by atoms with van der Waals surface area (Å²) in [5.74, 6) is 0.606. The average molecular weight is 280 g/mol. The zero-order chi connectivity index (χ0) is 13.5. The number of hydrogen-bond donors (Lipinski definition) is 2. The van der Waals surface area contributed by atoms with Gasteiger partial charge in [-0.25, -0.2) is 4.98 Å². The van der Waals surface area contributed by atoms with Crippen molar-refractivity contribution in [2.45, 2.75) is 57.9 Å². The molecule has 3 N–H and O–H groups in total. The Bertz CT molecular complexity index is 405. The van der Waals surface area contributed by atoms with Gasteiger partial charge in [0.25, 0.3) is 0 Å². The number of rotatable bonds is 4. The molecule has 1 saturated carbocycles. The topological polar surface area (TPSA) is 63.3 Å². The number of guanidine groups is 1. The van der Waals surface area contributed by atoms with E-state index in [1.807, 2.05) is 12.4 Å². The number of nitrogens with zero attached hydrogens (tertiary/aromatic N) is 2. The molecule has 0 amide bonds. The smallest absolute Gasteiger partial charge is 0.188 e. The van der Waals surface area contributed by atoms with Crippen molar-refractivity contribution in [2.24, 2.45) is 10.7 Å². The van der Waals surface area contributed by atoms with Crippen molar-refractivity contribution in [1.82, 2.24) is 10.3 Å². The highest BCUT2D eigenvalue weighted by atomic mass is 32.1. The van der Waals surface area contributed by atoms with Crippen LogP contribution in [0.3, 0.4) is 0 Å². The lowest BCUT2D eigenvalue weighted by atomic mass is 10.1. The number of aryl methyl sites for hydroxylation is 1. The minimum absolute atomic E-state index is 0.524. The first-order valence-corrected chi connectivity index (χ1v) is 8.09. The van der Waals surface area contributed by atoms with E-state index in [1.165, 1.54) is 43.4 Å². The first-order chi connectivity index (χ1) is 9.25. The molecule has 0 bridgehead atoms. The predicted molar refractivity (Wildman–Crippen MR) is 81.7 cm³/mol. The molecule has 0 aliphatic heterocycles. The molecule has 1 aromatic rings. The van der Waals surface area contributed by atoms with Crippen molar-refractivity contribution in [1.29, 1.82) is 0 Å². The van der Waals surface area contributed by atoms with E-state index < -0.39 is 0 Å². The molecule has 1 heterocycles. The fourth-order valence-corrected chi connectivity index (χ4v) is 3.29. The van der Waals surface area contributed by atoms with E-state index in [1.54, 1.807) is 11.3 Å². The summed E-state index contributed by atoms with van der Waals surface area (Å²) in [7, 11) is 0. The van der Waals surface area contributed by atoms with E-state index in [4.69, 9.17) is 5.73 Å². The van der Waals surface area contributed by atoms with E-state index in [2.05, 4.69) is 15.3 Å². The molecule has 5 heteroatoms. The maximum atomic E-state index is 5.96. The van der Waals surface area contributed by atoms with Gasteiger partial charge in [-0.05, 0) is 19.8 Å². The number of thiazole rings is 1. The van der Waals surface area contributed by atoms with Crippen LogP contribution in [-0.4, -0.2) is 23.5 Å². The average Bonchev–Trinajstić information content (AvgIpc) is 2.65. The Hall–Kier alpha value is -1.10. The van der Waals surface area contributed by atoms with Crippen LogP contribution in [0.1, 0.15) is 49.1 Å². The van der Waals surface area contributed by atoms with Crippen molar-refractivity contribution in [3.05, 3.63) is 16.1 Å². The number of aliphatic imine (C=N–C) groups is 1. The molecule has 0 radical (unpaired) electrons. The summed E-state index contributed by atoms with van der Waals surface area (Å²) in [4.78, 5) is 9.98. The van der Waals surface area contributed by atoms with Gasteiger partial charge in [0.05, 0.1) is 11.2 Å². The Morgan fingerprint density at radius 3 is 2.79 bits per heavy atom. The van der Waals surface area contributed by atoms with Gasteiger partial charge < -0.3 is 11.1 Å². The molecule has 1 aromatic heterocycles. The Kier molecular flexibility index (Phi) is 5.63. The monoisotopic (exact) mass is 280 g/mol. The molecule has 0 atom stereocenters. The van der Waals surface area contributed by atoms with Crippen LogP contribution in [0.25, 0.3) is 0 Å². The zero-order valence-electron chi connectivity index (χ0n) is 11.7. The second-order valence-electron chi connectivity index (χ2n) is 5.21. The number of hydrogen-bond acceptors (Lipinski definition) is 3. The van der Waals surface area contributed by atoms with Crippen molar-refractivity contribution < 1.29 is 0 Å². The van der Waals surface area contributed by atoms with Crippen LogP contribution >= 0.6 is 11.3 Å². The van der Waals surface area contributed by atoms with Crippen LogP contribution in [0, 0.1) is 6.92 Å². The summed E-state index contributed by atoms with van der Waals surface area (Å²) in [6, 6.07) is 0.524. The number of aromatic nitrogens is 1. The predicted octanol–water partition coefficient (Wildman–Crippen LogP) is 2.62. The van der Waals surface area contributed by atoms with E-state index in [9.17, 15) is 0 Å². The highest BCUT2D eigenvalue weighted by molar-refractivity contribution is 7.09. The molecule has 4 nitrogen and oxygen atoms in total. The molecule has 0 saturated heterocycles. The van der Waals surface area contributed by atoms with Crippen LogP contribution in [0.2, 0.25) is 0 Å². The van der Waals surface area contributed by atoms with Gasteiger partial charge in [-0.1, -0.05) is 25.7 Å². The van der Waals surface area contributed by atoms with E-state index >= 15 is 0 Å². The fraction of sp³-hybridized carbons (Fsp3) is 0.714. The molecule has 0 unspecified atom stereocenters. The van der Waals surface area contributed by atoms with Crippen LogP contribution in [0.4, 0.5) is 0 Å². The Labute approximate surface area is 119 Å². The maximum absolute atomic E-state index is 5.96. The molecular weight excluding hydrogens is 256 g/mol. The third-order valence-corrected chi connectivity index (χ3v) is 4.67. The lowest BCUT2D eigenvalue weighted by molar-refractivity contribution is 0.530. The van der Waals surface area contributed by atoms with Gasteiger partial charge in [-0.3, -0.25) is 4.99 Å². The molecule has 1 aliphatic rings. The third kappa shape index (κ3) is 4.82. The maximum Gasteiger partial charge on any atom is 0.188 e. The molecule has 2 rings (SSSR count). The second-order valence-corrected chi connectivity index (χ2v) is 6.15. The first-order valence-electron chi connectivity index (χ1n) is 7.21. The van der Waals surface area contributed by atoms with Crippen molar-refractivity contribution in [3.63, 3.8) is 0 Å². The molecule has 0 aromatic carbocycles. The largest absolute Gasteiger partial charge is 0.370 e. The fourth-order valence-electron chi connectivity index (χ4n) is 2.52. The van der Waals surface area contributed by atoms with Crippen molar-refractivity contribution >= 4 is 17.3 Å². The quantitative estimate of drug-likeness (QED) is 0.506. The third-order valence-electron chi connectivity index (χ3n) is 3.67. The molecule has 1 aliphatic carbocycles. The molecular formula is C14H24N4S. The molecule has 19 heavy (non-hydrogen) atoms. The van der Waals surface area contributed by atoms with E-state index in [0.717, 1.165) is 18.7 Å². The lowest BCUT2D eigenvalue weighted by Gasteiger charge is -2.16. The van der Waals surface area contributed by atoms with Crippen LogP contribution in [0.15, 0.2) is 10.5 Å². The number of nitrogens with two attached hydrogens (primary N) is 1. The summed E-state index contributed by atoms with van der Waals surface area (Å²) in [5.41, 5.74) is 8.97. The summed E-state index contributed by atoms with van der Waals surface area (Å²) in [6.07, 6.45) is 8.73. The van der Waals surface area contributed by atoms with Gasteiger partial charge >= 0.3 is 0 Å². The van der Waals surface area contributed by atoms with Crippen molar-refractivity contribution in [3.8, 4) is 0 Å². The number of nitrogens with one attached hydrogen (secondary N) is 1. The Morgan fingerprint density at radius 2 is 2.16 bits per heavy atom. The van der Waals surface area contributed by atoms with Crippen LogP contribution in [-0.2, 0) is 6.42 Å². The van der Waals surface area contributed by atoms with E-state index in [-0.39, 0.29) is 0 Å². The van der Waals surface area contributed by atoms with Gasteiger partial charge in [-0.15, -0.1) is 11.3 Å². The summed E-state index contributed by atoms with van der Waals surface area (Å²) in [5, 5.41) is 3.37. The zero-order valence-corrected chi connectivity index (χ0v) is 12.5. The van der Waals surface area contributed by atoms with Crippen molar-refractivity contribution in [2.75, 3.05) is 6.54 Å². The SMILES string of the molecule is Cc1ncsc1CCN=C(N)NC1CCCCCC1. The normalized spacial score (nSPS) is 18.3. The van der Waals surface area contributed by atoms with Crippen LogP contribution < -0.4 is 11.1 Å². The minimum Gasteiger partial charge on any atom is -0.370 e. The lowest BCUT2D eigenvalue weighted by Crippen LogP contribution is -2.40. The van der Waals surface area contributed by atoms with E-state index in [0.29, 0.717) is 12.0 Å². The standard InChI is InChI=1S/C14H24N4S/c1-11-13(19-10-17-11)8-9-16-14(15)18-12-6-4-2-3-5-7-12/h10,12H,2-9H2,1H3,(H3,15,16,18). The van der Waals surface area contributed by atoms with Crippen LogP contribution in [0.5, 0.6) is 0 Å². The van der Waals surface area contributed by atoms with Gasteiger partial charge in [0, 0.05) is 23.9 Å². The molecule has 106 valence electrons. The first kappa shape index (κ1) is 14.3. The van der Waals surface area contributed by atoms with Gasteiger partial charge in [0.1, 0.15) is 0 Å². The van der Waals surface area contributed by atoms with Gasteiger partial charge in [-0.2, -0.15) is 0 Å². The molecule has 1 fully saturated rings. The second kappa shape index (κ2) is 7.48. The Balaban J connectivity index is 1.74. The summed E-state index contributed by atoms with van der Waals surface area (Å²) >= 11 is 1.70. The molecule has 0 spiro atoms. The Morgan fingerprint density at radius 1 is 1.42 bits per heavy atom. The summed E-state index contributed by atoms with van der Waals surface area (Å²) in [6.45, 7) is 2.79. The highest BCUT2D eigenvalue weighted by Crippen LogP contribution is 2.17.